The predicted octanol–water partition coefficient (Wildman–Crippen LogP) is 2.01. The van der Waals surface area contributed by atoms with Crippen molar-refractivity contribution in [2.75, 3.05) is 7.11 Å². The molecule has 2 fully saturated rings. The van der Waals surface area contributed by atoms with Gasteiger partial charge < -0.3 is 9.57 Å². The topological polar surface area (TPSA) is 57.5 Å². The molecule has 0 saturated heterocycles. The molecule has 0 radical (unpaired) electrons. The van der Waals surface area contributed by atoms with E-state index in [4.69, 9.17) is 21.8 Å². The van der Waals surface area contributed by atoms with Crippen LogP contribution in [-0.2, 0) is 14.3 Å². The van der Waals surface area contributed by atoms with E-state index in [0.29, 0.717) is 4.64 Å². The van der Waals surface area contributed by atoms with E-state index in [1.54, 1.807) is 24.4 Å². The number of fused-ring (bicyclic) bond motifs is 2. The number of methoxy groups -OCH3 is 1. The van der Waals surface area contributed by atoms with Gasteiger partial charge in [0, 0.05) is 6.20 Å². The molecule has 4 atom stereocenters. The van der Waals surface area contributed by atoms with Crippen LogP contribution in [0.2, 0.25) is 0 Å². The van der Waals surface area contributed by atoms with Crippen molar-refractivity contribution in [3.05, 3.63) is 29.0 Å². The number of rotatable bonds is 3. The fourth-order valence-corrected chi connectivity index (χ4v) is 3.93. The third kappa shape index (κ3) is 2.48. The smallest absolute Gasteiger partial charge is 0.337 e. The Labute approximate surface area is 127 Å². The molecule has 0 spiro atoms. The minimum atomic E-state index is -0.418. The summed E-state index contributed by atoms with van der Waals surface area (Å²) in [5, 5.41) is 0. The van der Waals surface area contributed by atoms with Gasteiger partial charge in [0.25, 0.3) is 0 Å². The Hall–Kier alpha value is -1.69. The Morgan fingerprint density at radius 3 is 2.48 bits per heavy atom. The van der Waals surface area contributed by atoms with Crippen molar-refractivity contribution in [3.63, 3.8) is 0 Å². The number of nitrogens with zero attached hydrogens (tertiary/aromatic N) is 1. The van der Waals surface area contributed by atoms with Gasteiger partial charge in [-0.25, -0.2) is 4.79 Å². The molecule has 6 heteroatoms. The summed E-state index contributed by atoms with van der Waals surface area (Å²) in [6.07, 6.45) is 4.46. The zero-order valence-corrected chi connectivity index (χ0v) is 12.5. The van der Waals surface area contributed by atoms with Crippen LogP contribution in [0.4, 0.5) is 0 Å². The number of esters is 1. The van der Waals surface area contributed by atoms with Crippen LogP contribution in [0, 0.1) is 28.3 Å². The average molecular weight is 307 g/mol. The zero-order valence-electron chi connectivity index (χ0n) is 11.7. The molecule has 21 heavy (non-hydrogen) atoms. The molecule has 5 nitrogen and oxygen atoms in total. The number of hydrogen-bond donors (Lipinski definition) is 0. The van der Waals surface area contributed by atoms with E-state index in [1.807, 2.05) is 0 Å². The van der Waals surface area contributed by atoms with E-state index in [0.717, 1.165) is 19.3 Å². The SMILES string of the molecule is COC(=O)[C@H]1[C@H]2CC[C@H](C2)[C@@H]1C(=O)On1ccccc1=S. The van der Waals surface area contributed by atoms with Gasteiger partial charge >= 0.3 is 11.9 Å². The van der Waals surface area contributed by atoms with Crippen LogP contribution in [0.3, 0.4) is 0 Å². The predicted molar refractivity (Wildman–Crippen MR) is 76.7 cm³/mol. The van der Waals surface area contributed by atoms with Crippen molar-refractivity contribution in [1.29, 1.82) is 0 Å². The van der Waals surface area contributed by atoms with Gasteiger partial charge in [-0.3, -0.25) is 4.79 Å². The Morgan fingerprint density at radius 1 is 1.19 bits per heavy atom. The van der Waals surface area contributed by atoms with Gasteiger partial charge in [0.1, 0.15) is 4.64 Å². The van der Waals surface area contributed by atoms with E-state index in [9.17, 15) is 9.59 Å². The second kappa shape index (κ2) is 5.60. The quantitative estimate of drug-likeness (QED) is 0.631. The van der Waals surface area contributed by atoms with Gasteiger partial charge in [0.2, 0.25) is 0 Å². The molecule has 0 amide bonds. The summed E-state index contributed by atoms with van der Waals surface area (Å²) in [5.41, 5.74) is 0. The van der Waals surface area contributed by atoms with Gasteiger partial charge in [-0.2, -0.15) is 4.73 Å². The fraction of sp³-hybridized carbons (Fsp3) is 0.533. The lowest BCUT2D eigenvalue weighted by molar-refractivity contribution is -0.162. The lowest BCUT2D eigenvalue weighted by Gasteiger charge is -2.27. The molecule has 2 aliphatic rings. The van der Waals surface area contributed by atoms with Crippen molar-refractivity contribution in [2.45, 2.75) is 19.3 Å². The fourth-order valence-electron chi connectivity index (χ4n) is 3.75. The van der Waals surface area contributed by atoms with Crippen LogP contribution >= 0.6 is 12.2 Å². The molecule has 3 rings (SSSR count). The second-order valence-corrected chi connectivity index (χ2v) is 6.10. The summed E-state index contributed by atoms with van der Waals surface area (Å²) in [6, 6.07) is 5.20. The molecule has 0 aliphatic heterocycles. The summed E-state index contributed by atoms with van der Waals surface area (Å²) in [6.45, 7) is 0. The van der Waals surface area contributed by atoms with E-state index in [-0.39, 0.29) is 29.7 Å². The highest BCUT2D eigenvalue weighted by atomic mass is 32.1. The first kappa shape index (κ1) is 14.3. The Balaban J connectivity index is 1.81. The molecule has 0 aromatic carbocycles. The number of aromatic nitrogens is 1. The highest BCUT2D eigenvalue weighted by molar-refractivity contribution is 7.71. The Bertz CT molecular complexity index is 626. The van der Waals surface area contributed by atoms with E-state index in [1.165, 1.54) is 11.8 Å². The number of hydrogen-bond acceptors (Lipinski definition) is 5. The number of ether oxygens (including phenoxy) is 1. The van der Waals surface area contributed by atoms with Gasteiger partial charge in [-0.15, -0.1) is 0 Å². The van der Waals surface area contributed by atoms with Crippen molar-refractivity contribution >= 4 is 24.2 Å². The average Bonchev–Trinajstić information content (AvgIpc) is 3.09. The molecule has 2 bridgehead atoms. The van der Waals surface area contributed by atoms with Crippen LogP contribution in [0.25, 0.3) is 0 Å². The van der Waals surface area contributed by atoms with Gasteiger partial charge in [0.15, 0.2) is 0 Å². The molecular weight excluding hydrogens is 290 g/mol. The van der Waals surface area contributed by atoms with Crippen LogP contribution in [0.15, 0.2) is 24.4 Å². The molecular formula is C15H17NO4S. The molecule has 2 aliphatic carbocycles. The first-order valence-electron chi connectivity index (χ1n) is 7.09. The third-order valence-electron chi connectivity index (χ3n) is 4.64. The van der Waals surface area contributed by atoms with Crippen molar-refractivity contribution in [3.8, 4) is 0 Å². The van der Waals surface area contributed by atoms with Gasteiger partial charge in [-0.1, -0.05) is 18.3 Å². The summed E-state index contributed by atoms with van der Waals surface area (Å²) in [7, 11) is 1.37. The zero-order chi connectivity index (χ0) is 15.0. The maximum atomic E-state index is 12.5. The molecule has 2 saturated carbocycles. The van der Waals surface area contributed by atoms with E-state index < -0.39 is 5.92 Å². The minimum absolute atomic E-state index is 0.212. The molecule has 0 N–H and O–H groups in total. The second-order valence-electron chi connectivity index (χ2n) is 5.68. The van der Waals surface area contributed by atoms with Gasteiger partial charge in [0.05, 0.1) is 18.9 Å². The van der Waals surface area contributed by atoms with E-state index in [2.05, 4.69) is 0 Å². The lowest BCUT2D eigenvalue weighted by Crippen LogP contribution is -2.39. The normalized spacial score (nSPS) is 30.1. The highest BCUT2D eigenvalue weighted by Gasteiger charge is 2.55. The lowest BCUT2D eigenvalue weighted by atomic mass is 9.79. The van der Waals surface area contributed by atoms with Crippen LogP contribution in [-0.4, -0.2) is 23.8 Å². The summed E-state index contributed by atoms with van der Waals surface area (Å²) in [4.78, 5) is 29.8. The van der Waals surface area contributed by atoms with E-state index >= 15 is 0 Å². The number of carbonyl (C=O) groups excluding carboxylic acids is 2. The van der Waals surface area contributed by atoms with Crippen LogP contribution in [0.5, 0.6) is 0 Å². The maximum Gasteiger partial charge on any atom is 0.337 e. The number of carbonyl (C=O) groups is 2. The van der Waals surface area contributed by atoms with Crippen LogP contribution < -0.4 is 4.84 Å². The van der Waals surface area contributed by atoms with Crippen molar-refractivity contribution in [2.24, 2.45) is 23.7 Å². The maximum absolute atomic E-state index is 12.5. The first-order valence-corrected chi connectivity index (χ1v) is 7.50. The highest BCUT2D eigenvalue weighted by Crippen LogP contribution is 2.52. The molecule has 112 valence electrons. The third-order valence-corrected chi connectivity index (χ3v) is 4.95. The standard InChI is InChI=1S/C15H17NO4S/c1-19-14(17)12-9-5-6-10(8-9)13(12)15(18)20-16-7-3-2-4-11(16)21/h2-4,7,9-10,12-13H,5-6,8H2,1H3/t9-,10+,12-,13-/m0/s1. The largest absolute Gasteiger partial charge is 0.469 e. The monoisotopic (exact) mass is 307 g/mol. The van der Waals surface area contributed by atoms with Crippen molar-refractivity contribution in [1.82, 2.24) is 4.73 Å². The molecule has 0 unspecified atom stereocenters. The Morgan fingerprint density at radius 2 is 1.86 bits per heavy atom. The summed E-state index contributed by atoms with van der Waals surface area (Å²) >= 11 is 5.11. The van der Waals surface area contributed by atoms with Crippen LogP contribution in [0.1, 0.15) is 19.3 Å². The molecule has 1 aromatic heterocycles. The first-order chi connectivity index (χ1) is 10.1. The molecule has 1 aromatic rings. The van der Waals surface area contributed by atoms with Gasteiger partial charge in [-0.05, 0) is 43.2 Å². The Kier molecular flexibility index (Phi) is 3.80. The van der Waals surface area contributed by atoms with Crippen molar-refractivity contribution < 1.29 is 19.2 Å². The summed E-state index contributed by atoms with van der Waals surface area (Å²) < 4.78 is 6.56. The molecule has 1 heterocycles. The summed E-state index contributed by atoms with van der Waals surface area (Å²) in [5.74, 6) is -1.04. The minimum Gasteiger partial charge on any atom is -0.469 e. The number of pyridine rings is 1.